The lowest BCUT2D eigenvalue weighted by molar-refractivity contribution is -0.132. The maximum atomic E-state index is 13.0. The zero-order valence-electron chi connectivity index (χ0n) is 15.5. The number of rotatable bonds is 3. The van der Waals surface area contributed by atoms with E-state index in [1.807, 2.05) is 42.5 Å². The summed E-state index contributed by atoms with van der Waals surface area (Å²) in [6.07, 6.45) is 0.308. The van der Waals surface area contributed by atoms with E-state index in [0.717, 1.165) is 16.5 Å². The summed E-state index contributed by atoms with van der Waals surface area (Å²) in [5, 5.41) is 11.3. The van der Waals surface area contributed by atoms with E-state index in [4.69, 9.17) is 11.6 Å². The Kier molecular flexibility index (Phi) is 5.45. The SMILES string of the molecule is C[C@H](c1ccccc1)N1CSC2=C(C#N)[C@H](c3ccc(Cl)cc3)CC(=O)N2C1. The molecule has 1 amide bonds. The lowest BCUT2D eigenvalue weighted by Crippen LogP contribution is -2.47. The number of hydrogen-bond acceptors (Lipinski definition) is 4. The molecule has 0 saturated carbocycles. The smallest absolute Gasteiger partial charge is 0.229 e. The number of benzene rings is 2. The van der Waals surface area contributed by atoms with Crippen molar-refractivity contribution in [3.8, 4) is 6.07 Å². The summed E-state index contributed by atoms with van der Waals surface area (Å²) in [5.41, 5.74) is 2.86. The third kappa shape index (κ3) is 3.56. The fraction of sp³-hybridized carbons (Fsp3) is 0.273. The number of nitriles is 1. The van der Waals surface area contributed by atoms with Crippen LogP contribution in [0.25, 0.3) is 0 Å². The van der Waals surface area contributed by atoms with Crippen molar-refractivity contribution in [3.05, 3.63) is 81.3 Å². The van der Waals surface area contributed by atoms with Gasteiger partial charge < -0.3 is 0 Å². The molecule has 0 aliphatic carbocycles. The molecule has 0 spiro atoms. The van der Waals surface area contributed by atoms with Crippen molar-refractivity contribution in [1.29, 1.82) is 5.26 Å². The molecule has 4 rings (SSSR count). The molecule has 2 aliphatic heterocycles. The van der Waals surface area contributed by atoms with Crippen LogP contribution >= 0.6 is 23.4 Å². The topological polar surface area (TPSA) is 47.3 Å². The van der Waals surface area contributed by atoms with E-state index in [1.165, 1.54) is 5.56 Å². The summed E-state index contributed by atoms with van der Waals surface area (Å²) in [4.78, 5) is 17.0. The zero-order chi connectivity index (χ0) is 19.7. The fourth-order valence-corrected chi connectivity index (χ4v) is 5.12. The first-order valence-corrected chi connectivity index (χ1v) is 10.6. The lowest BCUT2D eigenvalue weighted by Gasteiger charge is -2.43. The molecule has 2 aliphatic rings. The van der Waals surface area contributed by atoms with Crippen LogP contribution < -0.4 is 0 Å². The van der Waals surface area contributed by atoms with E-state index in [1.54, 1.807) is 16.7 Å². The van der Waals surface area contributed by atoms with Gasteiger partial charge in [-0.25, -0.2) is 0 Å². The van der Waals surface area contributed by atoms with E-state index in [9.17, 15) is 10.1 Å². The predicted molar refractivity (Wildman–Crippen MR) is 112 cm³/mol. The molecule has 0 aromatic heterocycles. The van der Waals surface area contributed by atoms with Crippen LogP contribution in [-0.2, 0) is 4.79 Å². The molecule has 6 heteroatoms. The quantitative estimate of drug-likeness (QED) is 0.706. The Hall–Kier alpha value is -2.26. The van der Waals surface area contributed by atoms with E-state index < -0.39 is 0 Å². The van der Waals surface area contributed by atoms with Gasteiger partial charge in [-0.1, -0.05) is 65.8 Å². The molecule has 2 heterocycles. The maximum absolute atomic E-state index is 13.0. The Bertz CT molecular complexity index is 952. The molecule has 2 aromatic rings. The van der Waals surface area contributed by atoms with E-state index in [-0.39, 0.29) is 17.9 Å². The zero-order valence-corrected chi connectivity index (χ0v) is 17.1. The molecular formula is C22H20ClN3OS. The minimum atomic E-state index is -0.202. The van der Waals surface area contributed by atoms with Crippen LogP contribution in [0.4, 0.5) is 0 Å². The van der Waals surface area contributed by atoms with Gasteiger partial charge in [0.2, 0.25) is 5.91 Å². The van der Waals surface area contributed by atoms with Gasteiger partial charge in [-0.2, -0.15) is 5.26 Å². The van der Waals surface area contributed by atoms with Crippen LogP contribution in [0.5, 0.6) is 0 Å². The summed E-state index contributed by atoms with van der Waals surface area (Å²) >= 11 is 7.57. The van der Waals surface area contributed by atoms with Crippen molar-refractivity contribution in [2.24, 2.45) is 0 Å². The molecule has 0 radical (unpaired) electrons. The molecule has 28 heavy (non-hydrogen) atoms. The standard InChI is InChI=1S/C22H20ClN3OS/c1-15(16-5-3-2-4-6-16)25-13-26-21(27)11-19(17-7-9-18(23)10-8-17)20(12-24)22(26)28-14-25/h2-10,15,19H,11,13-14H2,1H3/t15-,19+/m1/s1. The number of thioether (sulfide) groups is 1. The number of carbonyl (C=O) groups is 1. The van der Waals surface area contributed by atoms with Gasteiger partial charge in [0.25, 0.3) is 0 Å². The molecular weight excluding hydrogens is 390 g/mol. The van der Waals surface area contributed by atoms with Gasteiger partial charge in [-0.15, -0.1) is 0 Å². The minimum Gasteiger partial charge on any atom is -0.292 e. The summed E-state index contributed by atoms with van der Waals surface area (Å²) in [6, 6.07) is 20.3. The van der Waals surface area contributed by atoms with Crippen LogP contribution in [0.3, 0.4) is 0 Å². The van der Waals surface area contributed by atoms with Crippen molar-refractivity contribution < 1.29 is 4.79 Å². The third-order valence-corrected chi connectivity index (χ3v) is 6.84. The highest BCUT2D eigenvalue weighted by atomic mass is 35.5. The Morgan fingerprint density at radius 2 is 1.89 bits per heavy atom. The predicted octanol–water partition coefficient (Wildman–Crippen LogP) is 5.12. The molecule has 142 valence electrons. The Morgan fingerprint density at radius 3 is 2.57 bits per heavy atom. The number of fused-ring (bicyclic) bond motifs is 1. The molecule has 0 bridgehead atoms. The van der Waals surface area contributed by atoms with Gasteiger partial charge >= 0.3 is 0 Å². The lowest BCUT2D eigenvalue weighted by atomic mass is 9.86. The molecule has 2 atom stereocenters. The van der Waals surface area contributed by atoms with Gasteiger partial charge in [0.05, 0.1) is 29.2 Å². The Labute approximate surface area is 174 Å². The van der Waals surface area contributed by atoms with Gasteiger partial charge in [0.15, 0.2) is 0 Å². The van der Waals surface area contributed by atoms with E-state index in [0.29, 0.717) is 23.7 Å². The number of allylic oxidation sites excluding steroid dienone is 1. The Balaban J connectivity index is 1.62. The highest BCUT2D eigenvalue weighted by molar-refractivity contribution is 8.03. The Morgan fingerprint density at radius 1 is 1.18 bits per heavy atom. The van der Waals surface area contributed by atoms with E-state index in [2.05, 4.69) is 30.0 Å². The monoisotopic (exact) mass is 409 g/mol. The van der Waals surface area contributed by atoms with Gasteiger partial charge in [0, 0.05) is 23.4 Å². The highest BCUT2D eigenvalue weighted by Gasteiger charge is 2.39. The largest absolute Gasteiger partial charge is 0.292 e. The number of halogens is 1. The third-order valence-electron chi connectivity index (χ3n) is 5.42. The molecule has 4 nitrogen and oxygen atoms in total. The highest BCUT2D eigenvalue weighted by Crippen LogP contribution is 2.43. The average Bonchev–Trinajstić information content (AvgIpc) is 2.74. The first-order chi connectivity index (χ1) is 13.6. The molecule has 2 aromatic carbocycles. The van der Waals surface area contributed by atoms with Crippen molar-refractivity contribution in [2.45, 2.75) is 25.3 Å². The fourth-order valence-electron chi connectivity index (χ4n) is 3.74. The number of amides is 1. The summed E-state index contributed by atoms with van der Waals surface area (Å²) < 4.78 is 0. The van der Waals surface area contributed by atoms with Crippen LogP contribution in [0.15, 0.2) is 65.2 Å². The van der Waals surface area contributed by atoms with Gasteiger partial charge in [-0.05, 0) is 30.2 Å². The van der Waals surface area contributed by atoms with Crippen LogP contribution in [0.1, 0.15) is 36.4 Å². The van der Waals surface area contributed by atoms with Crippen molar-refractivity contribution >= 4 is 29.3 Å². The number of nitrogens with zero attached hydrogens (tertiary/aromatic N) is 3. The van der Waals surface area contributed by atoms with Crippen LogP contribution in [0, 0.1) is 11.3 Å². The summed E-state index contributed by atoms with van der Waals surface area (Å²) in [5.74, 6) is 0.603. The maximum Gasteiger partial charge on any atom is 0.229 e. The molecule has 1 saturated heterocycles. The van der Waals surface area contributed by atoms with Crippen molar-refractivity contribution in [2.75, 3.05) is 12.5 Å². The molecule has 1 fully saturated rings. The molecule has 0 N–H and O–H groups in total. The van der Waals surface area contributed by atoms with Gasteiger partial charge in [0.1, 0.15) is 0 Å². The van der Waals surface area contributed by atoms with E-state index >= 15 is 0 Å². The second-order valence-electron chi connectivity index (χ2n) is 7.05. The van der Waals surface area contributed by atoms with Crippen LogP contribution in [0.2, 0.25) is 5.02 Å². The molecule has 0 unspecified atom stereocenters. The summed E-state index contributed by atoms with van der Waals surface area (Å²) in [7, 11) is 0. The normalized spacial score (nSPS) is 21.2. The van der Waals surface area contributed by atoms with Crippen LogP contribution in [-0.4, -0.2) is 28.3 Å². The van der Waals surface area contributed by atoms with Crippen molar-refractivity contribution in [1.82, 2.24) is 9.80 Å². The second kappa shape index (κ2) is 8.00. The minimum absolute atomic E-state index is 0.0615. The van der Waals surface area contributed by atoms with Crippen molar-refractivity contribution in [3.63, 3.8) is 0 Å². The number of carbonyl (C=O) groups excluding carboxylic acids is 1. The average molecular weight is 410 g/mol. The second-order valence-corrected chi connectivity index (χ2v) is 8.42. The number of hydrogen-bond donors (Lipinski definition) is 0. The first-order valence-electron chi connectivity index (χ1n) is 9.20. The van der Waals surface area contributed by atoms with Gasteiger partial charge in [-0.3, -0.25) is 14.6 Å². The first kappa shape index (κ1) is 19.1. The summed E-state index contributed by atoms with van der Waals surface area (Å²) in [6.45, 7) is 2.66.